The molecule has 1 aromatic carbocycles. The van der Waals surface area contributed by atoms with Crippen molar-refractivity contribution in [2.45, 2.75) is 56.0 Å². The summed E-state index contributed by atoms with van der Waals surface area (Å²) in [5.74, 6) is 1.58. The number of quaternary nitrogens is 1. The van der Waals surface area contributed by atoms with Gasteiger partial charge in [-0.1, -0.05) is 6.07 Å². The van der Waals surface area contributed by atoms with Crippen LogP contribution in [0.15, 0.2) is 29.1 Å². The summed E-state index contributed by atoms with van der Waals surface area (Å²) in [6, 6.07) is 6.86. The molecule has 4 fully saturated rings. The van der Waals surface area contributed by atoms with Gasteiger partial charge in [-0.3, -0.25) is 14.4 Å². The van der Waals surface area contributed by atoms with Gasteiger partial charge in [0.15, 0.2) is 5.54 Å². The van der Waals surface area contributed by atoms with Crippen LogP contribution in [0.4, 0.5) is 0 Å². The zero-order valence-corrected chi connectivity index (χ0v) is 21.0. The fourth-order valence-electron chi connectivity index (χ4n) is 9.84. The molecule has 2 amide bonds. The molecule has 192 valence electrons. The SMILES string of the molecule is C[C@H](NC(=O)c1cc2c([nH]c1=O)C[C@@]13c4cc(O)ccc4CC4C1C[N+]1(CC5CC5)CC41[C@@H]3C2)C(N)=O. The van der Waals surface area contributed by atoms with E-state index in [1.165, 1.54) is 55.0 Å². The fraction of sp³-hybridized carbons (Fsp3) is 0.552. The van der Waals surface area contributed by atoms with Crippen LogP contribution in [0.5, 0.6) is 5.75 Å². The molecule has 4 aliphatic carbocycles. The molecule has 6 aliphatic rings. The van der Waals surface area contributed by atoms with Gasteiger partial charge in [-0.25, -0.2) is 0 Å². The summed E-state index contributed by atoms with van der Waals surface area (Å²) in [7, 11) is 0. The van der Waals surface area contributed by atoms with E-state index in [4.69, 9.17) is 5.73 Å². The third-order valence-corrected chi connectivity index (χ3v) is 11.4. The van der Waals surface area contributed by atoms with Gasteiger partial charge < -0.3 is 25.6 Å². The summed E-state index contributed by atoms with van der Waals surface area (Å²) < 4.78 is 1.27. The number of carbonyl (C=O) groups excluding carboxylic acids is 2. The fourth-order valence-corrected chi connectivity index (χ4v) is 9.84. The van der Waals surface area contributed by atoms with Gasteiger partial charge in [0.05, 0.1) is 13.1 Å². The molecule has 8 rings (SSSR count). The number of rotatable bonds is 5. The molecule has 1 aromatic heterocycles. The number of aromatic amines is 1. The average molecular weight is 502 g/mol. The number of nitrogens with zero attached hydrogens (tertiary/aromatic N) is 1. The number of primary amides is 1. The van der Waals surface area contributed by atoms with Crippen LogP contribution < -0.4 is 16.6 Å². The first-order chi connectivity index (χ1) is 17.7. The maximum absolute atomic E-state index is 13.1. The molecule has 8 heteroatoms. The second-order valence-corrected chi connectivity index (χ2v) is 12.9. The predicted molar refractivity (Wildman–Crippen MR) is 135 cm³/mol. The number of aromatic hydroxyl groups is 1. The molecule has 2 aliphatic heterocycles. The minimum atomic E-state index is -0.856. The summed E-state index contributed by atoms with van der Waals surface area (Å²) in [5.41, 5.74) is 9.71. The van der Waals surface area contributed by atoms with Gasteiger partial charge in [-0.15, -0.1) is 0 Å². The number of nitrogens with two attached hydrogens (primary N) is 1. The quantitative estimate of drug-likeness (QED) is 0.362. The molecule has 2 saturated carbocycles. The Kier molecular flexibility index (Phi) is 3.94. The van der Waals surface area contributed by atoms with Gasteiger partial charge in [0.2, 0.25) is 5.91 Å². The molecule has 2 saturated heterocycles. The number of aromatic nitrogens is 1. The minimum Gasteiger partial charge on any atom is -0.508 e. The zero-order chi connectivity index (χ0) is 25.5. The van der Waals surface area contributed by atoms with E-state index < -0.39 is 23.4 Å². The first-order valence-corrected chi connectivity index (χ1v) is 13.7. The number of piperidine rings is 2. The van der Waals surface area contributed by atoms with Crippen LogP contribution in [-0.4, -0.2) is 57.6 Å². The van der Waals surface area contributed by atoms with Gasteiger partial charge in [0, 0.05) is 34.8 Å². The van der Waals surface area contributed by atoms with Crippen LogP contribution in [-0.2, 0) is 29.5 Å². The molecule has 4 unspecified atom stereocenters. The van der Waals surface area contributed by atoms with Gasteiger partial charge in [-0.2, -0.15) is 0 Å². The summed E-state index contributed by atoms with van der Waals surface area (Å²) in [6.45, 7) is 5.29. The largest absolute Gasteiger partial charge is 0.508 e. The third kappa shape index (κ3) is 2.55. The van der Waals surface area contributed by atoms with E-state index in [1.807, 2.05) is 12.1 Å². The standard InChI is InChI=1S/C29H32N4O4/c1-14(25(30)35)31-26(36)19-6-17-8-24-28(10-23(17)32-27(19)37)20-9-18(34)5-4-16(20)7-21-22(28)12-33(11-15-2-3-15)13-29(21,24)33/h4-6,9,14-15,21-22,24H,2-3,7-8,10-13H2,1H3,(H4-,30,31,32,34,35,36,37)/p+1/t14-,21?,22?,24+,28+,29?,33?/m0/s1. The summed E-state index contributed by atoms with van der Waals surface area (Å²) in [5, 5.41) is 13.1. The van der Waals surface area contributed by atoms with Crippen molar-refractivity contribution in [3.63, 3.8) is 0 Å². The Hall–Kier alpha value is -3.13. The summed E-state index contributed by atoms with van der Waals surface area (Å²) in [6.07, 6.45) is 5.37. The molecule has 7 atom stereocenters. The Labute approximate surface area is 214 Å². The summed E-state index contributed by atoms with van der Waals surface area (Å²) >= 11 is 0. The minimum absolute atomic E-state index is 0.0407. The second-order valence-electron chi connectivity index (χ2n) is 12.9. The molecule has 2 spiro atoms. The molecule has 5 N–H and O–H groups in total. The normalized spacial score (nSPS) is 38.1. The van der Waals surface area contributed by atoms with Crippen molar-refractivity contribution >= 4 is 11.8 Å². The van der Waals surface area contributed by atoms with Crippen molar-refractivity contribution in [2.75, 3.05) is 19.6 Å². The van der Waals surface area contributed by atoms with Crippen molar-refractivity contribution in [2.24, 2.45) is 29.4 Å². The number of nitrogens with one attached hydrogen (secondary N) is 2. The monoisotopic (exact) mass is 501 g/mol. The highest BCUT2D eigenvalue weighted by Crippen LogP contribution is 2.79. The third-order valence-electron chi connectivity index (χ3n) is 11.4. The second kappa shape index (κ2) is 6.65. The van der Waals surface area contributed by atoms with Crippen molar-refractivity contribution < 1.29 is 19.2 Å². The van der Waals surface area contributed by atoms with Crippen molar-refractivity contribution in [3.8, 4) is 5.75 Å². The Morgan fingerprint density at radius 2 is 2.03 bits per heavy atom. The number of amides is 2. The van der Waals surface area contributed by atoms with Crippen LogP contribution in [0.25, 0.3) is 0 Å². The summed E-state index contributed by atoms with van der Waals surface area (Å²) in [4.78, 5) is 40.5. The van der Waals surface area contributed by atoms with E-state index in [-0.39, 0.29) is 16.5 Å². The first-order valence-electron chi connectivity index (χ1n) is 13.7. The molecule has 2 aromatic rings. The lowest BCUT2D eigenvalue weighted by Crippen LogP contribution is -2.56. The number of carbonyl (C=O) groups is 2. The molecular formula is C29H33N4O4+. The lowest BCUT2D eigenvalue weighted by atomic mass is 9.55. The predicted octanol–water partition coefficient (Wildman–Crippen LogP) is 1.13. The van der Waals surface area contributed by atoms with Crippen LogP contribution in [0, 0.1) is 23.7 Å². The van der Waals surface area contributed by atoms with Gasteiger partial charge >= 0.3 is 0 Å². The Morgan fingerprint density at radius 1 is 1.22 bits per heavy atom. The number of phenols is 1. The number of hydrogen-bond donors (Lipinski definition) is 4. The Bertz CT molecular complexity index is 1480. The maximum atomic E-state index is 13.1. The highest BCUT2D eigenvalue weighted by molar-refractivity contribution is 5.97. The van der Waals surface area contributed by atoms with Crippen molar-refractivity contribution in [1.29, 1.82) is 0 Å². The highest BCUT2D eigenvalue weighted by atomic mass is 16.3. The highest BCUT2D eigenvalue weighted by Gasteiger charge is 2.92. The molecule has 37 heavy (non-hydrogen) atoms. The zero-order valence-electron chi connectivity index (χ0n) is 21.0. The number of H-pyrrole nitrogens is 1. The molecular weight excluding hydrogens is 468 g/mol. The van der Waals surface area contributed by atoms with Crippen LogP contribution in [0.1, 0.15) is 52.5 Å². The Morgan fingerprint density at radius 3 is 2.78 bits per heavy atom. The molecule has 8 nitrogen and oxygen atoms in total. The first kappa shape index (κ1) is 21.9. The number of phenolic OH excluding ortho intramolecular Hbond substituents is 1. The molecule has 0 radical (unpaired) electrons. The number of pyridine rings is 1. The van der Waals surface area contributed by atoms with E-state index >= 15 is 0 Å². The Balaban J connectivity index is 1.25. The van der Waals surface area contributed by atoms with E-state index in [0.717, 1.165) is 36.4 Å². The smallest absolute Gasteiger partial charge is 0.261 e. The lowest BCUT2D eigenvalue weighted by molar-refractivity contribution is -0.832. The molecule has 4 bridgehead atoms. The van der Waals surface area contributed by atoms with Gasteiger partial charge in [-0.05, 0) is 73.9 Å². The number of hydrogen-bond acceptors (Lipinski definition) is 4. The van der Waals surface area contributed by atoms with Gasteiger partial charge in [0.25, 0.3) is 11.5 Å². The van der Waals surface area contributed by atoms with E-state index in [0.29, 0.717) is 23.5 Å². The van der Waals surface area contributed by atoms with Crippen molar-refractivity contribution in [3.05, 3.63) is 62.6 Å². The van der Waals surface area contributed by atoms with E-state index in [2.05, 4.69) is 16.4 Å². The molecule has 3 heterocycles. The number of fused-ring (bicyclic) bond motifs is 2. The van der Waals surface area contributed by atoms with Crippen LogP contribution in [0.2, 0.25) is 0 Å². The maximum Gasteiger partial charge on any atom is 0.261 e. The average Bonchev–Trinajstić information content (AvgIpc) is 3.76. The lowest BCUT2D eigenvalue weighted by Gasteiger charge is -2.49. The van der Waals surface area contributed by atoms with E-state index in [9.17, 15) is 19.5 Å². The van der Waals surface area contributed by atoms with Crippen molar-refractivity contribution in [1.82, 2.24) is 10.3 Å². The van der Waals surface area contributed by atoms with Crippen LogP contribution >= 0.6 is 0 Å². The van der Waals surface area contributed by atoms with E-state index in [1.54, 1.807) is 6.07 Å². The van der Waals surface area contributed by atoms with Crippen LogP contribution in [0.3, 0.4) is 0 Å². The topological polar surface area (TPSA) is 125 Å². The number of benzene rings is 1. The van der Waals surface area contributed by atoms with Gasteiger partial charge in [0.1, 0.15) is 23.9 Å².